The van der Waals surface area contributed by atoms with Crippen molar-refractivity contribution in [2.24, 2.45) is 0 Å². The van der Waals surface area contributed by atoms with Gasteiger partial charge < -0.3 is 14.8 Å². The van der Waals surface area contributed by atoms with Gasteiger partial charge in [-0.05, 0) is 18.6 Å². The van der Waals surface area contributed by atoms with Gasteiger partial charge in [-0.2, -0.15) is 0 Å². The van der Waals surface area contributed by atoms with Crippen molar-refractivity contribution < 1.29 is 9.47 Å². The van der Waals surface area contributed by atoms with Crippen molar-refractivity contribution in [3.8, 4) is 11.5 Å². The topological polar surface area (TPSA) is 30.5 Å². The van der Waals surface area contributed by atoms with E-state index in [1.54, 1.807) is 7.11 Å². The summed E-state index contributed by atoms with van der Waals surface area (Å²) in [6.07, 6.45) is 0. The van der Waals surface area contributed by atoms with Crippen LogP contribution in [0.5, 0.6) is 11.5 Å². The van der Waals surface area contributed by atoms with E-state index in [1.807, 2.05) is 25.1 Å². The van der Waals surface area contributed by atoms with E-state index >= 15 is 0 Å². The zero-order valence-corrected chi connectivity index (χ0v) is 11.7. The molecule has 3 heteroatoms. The first-order valence-corrected chi connectivity index (χ1v) is 6.20. The van der Waals surface area contributed by atoms with Crippen LogP contribution >= 0.6 is 0 Å². The molecule has 1 aromatic carbocycles. The molecule has 0 aliphatic carbocycles. The minimum Gasteiger partial charge on any atom is -0.497 e. The third-order valence-corrected chi connectivity index (χ3v) is 2.45. The number of benzene rings is 1. The monoisotopic (exact) mass is 249 g/mol. The van der Waals surface area contributed by atoms with E-state index in [2.05, 4.69) is 25.7 Å². The van der Waals surface area contributed by atoms with Crippen LogP contribution in [0.15, 0.2) is 30.4 Å². The molecule has 0 bridgehead atoms. The quantitative estimate of drug-likeness (QED) is 0.753. The van der Waals surface area contributed by atoms with Crippen molar-refractivity contribution in [2.45, 2.75) is 33.4 Å². The second-order valence-corrected chi connectivity index (χ2v) is 4.76. The maximum Gasteiger partial charge on any atom is 0.127 e. The molecule has 0 radical (unpaired) electrons. The maximum absolute atomic E-state index is 5.75. The average Bonchev–Trinajstić information content (AvgIpc) is 2.34. The molecule has 100 valence electrons. The summed E-state index contributed by atoms with van der Waals surface area (Å²) in [5, 5.41) is 3.38. The Morgan fingerprint density at radius 2 is 2.11 bits per heavy atom. The molecule has 0 unspecified atom stereocenters. The van der Waals surface area contributed by atoms with Gasteiger partial charge in [0.25, 0.3) is 0 Å². The minimum absolute atomic E-state index is 0.445. The van der Waals surface area contributed by atoms with Gasteiger partial charge in [-0.1, -0.05) is 26.5 Å². The number of hydrogen-bond donors (Lipinski definition) is 1. The summed E-state index contributed by atoms with van der Waals surface area (Å²) in [4.78, 5) is 0. The molecule has 0 saturated heterocycles. The molecule has 3 nitrogen and oxygen atoms in total. The van der Waals surface area contributed by atoms with Crippen LogP contribution in [0, 0.1) is 0 Å². The maximum atomic E-state index is 5.75. The Morgan fingerprint density at radius 3 is 2.67 bits per heavy atom. The van der Waals surface area contributed by atoms with Crippen molar-refractivity contribution in [3.63, 3.8) is 0 Å². The van der Waals surface area contributed by atoms with Crippen LogP contribution in [-0.4, -0.2) is 19.8 Å². The standard InChI is InChI=1S/C15H23NO2/c1-11(2)10-18-15-8-14(17-5)7-6-13(15)9-16-12(3)4/h6-8,12,16H,1,9-10H2,2-5H3. The molecule has 0 aliphatic heterocycles. The number of rotatable bonds is 7. The van der Waals surface area contributed by atoms with Crippen LogP contribution < -0.4 is 14.8 Å². The second kappa shape index (κ2) is 7.07. The van der Waals surface area contributed by atoms with E-state index in [-0.39, 0.29) is 0 Å². The van der Waals surface area contributed by atoms with Crippen LogP contribution in [0.2, 0.25) is 0 Å². The highest BCUT2D eigenvalue weighted by Crippen LogP contribution is 2.25. The Morgan fingerprint density at radius 1 is 1.39 bits per heavy atom. The van der Waals surface area contributed by atoms with Gasteiger partial charge in [-0.25, -0.2) is 0 Å². The van der Waals surface area contributed by atoms with Crippen molar-refractivity contribution in [1.82, 2.24) is 5.32 Å². The predicted molar refractivity (Wildman–Crippen MR) is 75.3 cm³/mol. The van der Waals surface area contributed by atoms with E-state index in [0.29, 0.717) is 12.6 Å². The first kappa shape index (κ1) is 14.6. The summed E-state index contributed by atoms with van der Waals surface area (Å²) in [6, 6.07) is 6.34. The van der Waals surface area contributed by atoms with Gasteiger partial charge in [0, 0.05) is 24.2 Å². The molecule has 0 atom stereocenters. The Kier molecular flexibility index (Phi) is 5.72. The van der Waals surface area contributed by atoms with Crippen LogP contribution in [0.4, 0.5) is 0 Å². The van der Waals surface area contributed by atoms with Crippen LogP contribution in [-0.2, 0) is 6.54 Å². The van der Waals surface area contributed by atoms with Gasteiger partial charge in [0.05, 0.1) is 7.11 Å². The molecule has 0 aliphatic rings. The highest BCUT2D eigenvalue weighted by Gasteiger charge is 2.06. The first-order chi connectivity index (χ1) is 8.52. The lowest BCUT2D eigenvalue weighted by atomic mass is 10.1. The smallest absolute Gasteiger partial charge is 0.127 e. The van der Waals surface area contributed by atoms with E-state index in [1.165, 1.54) is 0 Å². The molecule has 1 rings (SSSR count). The third-order valence-electron chi connectivity index (χ3n) is 2.45. The number of methoxy groups -OCH3 is 1. The van der Waals surface area contributed by atoms with Crippen molar-refractivity contribution in [2.75, 3.05) is 13.7 Å². The normalized spacial score (nSPS) is 10.5. The lowest BCUT2D eigenvalue weighted by Crippen LogP contribution is -2.22. The molecule has 0 fully saturated rings. The Labute approximate surface area is 110 Å². The largest absolute Gasteiger partial charge is 0.497 e. The molecule has 1 N–H and O–H groups in total. The molecule has 18 heavy (non-hydrogen) atoms. The van der Waals surface area contributed by atoms with E-state index < -0.39 is 0 Å². The molecule has 0 heterocycles. The average molecular weight is 249 g/mol. The van der Waals surface area contributed by atoms with Crippen molar-refractivity contribution in [1.29, 1.82) is 0 Å². The summed E-state index contributed by atoms with van der Waals surface area (Å²) in [5.74, 6) is 1.66. The molecule has 0 aromatic heterocycles. The molecule has 0 spiro atoms. The lowest BCUT2D eigenvalue weighted by Gasteiger charge is -2.15. The van der Waals surface area contributed by atoms with Gasteiger partial charge in [-0.15, -0.1) is 0 Å². The van der Waals surface area contributed by atoms with Crippen LogP contribution in [0.3, 0.4) is 0 Å². The van der Waals surface area contributed by atoms with Gasteiger partial charge in [0.1, 0.15) is 18.1 Å². The summed E-state index contributed by atoms with van der Waals surface area (Å²) >= 11 is 0. The summed E-state index contributed by atoms with van der Waals surface area (Å²) in [7, 11) is 1.66. The van der Waals surface area contributed by atoms with Crippen LogP contribution in [0.25, 0.3) is 0 Å². The molecule has 1 aromatic rings. The second-order valence-electron chi connectivity index (χ2n) is 4.76. The van der Waals surface area contributed by atoms with Crippen LogP contribution in [0.1, 0.15) is 26.3 Å². The van der Waals surface area contributed by atoms with Gasteiger partial charge in [-0.3, -0.25) is 0 Å². The van der Waals surface area contributed by atoms with Gasteiger partial charge >= 0.3 is 0 Å². The number of ether oxygens (including phenoxy) is 2. The zero-order chi connectivity index (χ0) is 13.5. The Bertz CT molecular complexity index is 399. The van der Waals surface area contributed by atoms with Crippen molar-refractivity contribution in [3.05, 3.63) is 35.9 Å². The Hall–Kier alpha value is -1.48. The summed E-state index contributed by atoms with van der Waals surface area (Å²) < 4.78 is 11.0. The fraction of sp³-hybridized carbons (Fsp3) is 0.467. The van der Waals surface area contributed by atoms with Crippen molar-refractivity contribution >= 4 is 0 Å². The fourth-order valence-corrected chi connectivity index (χ4v) is 1.46. The SMILES string of the molecule is C=C(C)COc1cc(OC)ccc1CNC(C)C. The van der Waals surface area contributed by atoms with E-state index in [9.17, 15) is 0 Å². The molecule has 0 saturated carbocycles. The highest BCUT2D eigenvalue weighted by molar-refractivity contribution is 5.41. The summed E-state index contributed by atoms with van der Waals surface area (Å²) in [5.41, 5.74) is 2.13. The molecular formula is C15H23NO2. The predicted octanol–water partition coefficient (Wildman–Crippen LogP) is 3.15. The first-order valence-electron chi connectivity index (χ1n) is 6.20. The fourth-order valence-electron chi connectivity index (χ4n) is 1.46. The van der Waals surface area contributed by atoms with E-state index in [4.69, 9.17) is 9.47 Å². The number of nitrogens with one attached hydrogen (secondary N) is 1. The molecule has 0 amide bonds. The molecular weight excluding hydrogens is 226 g/mol. The van der Waals surface area contributed by atoms with Gasteiger partial charge in [0.15, 0.2) is 0 Å². The van der Waals surface area contributed by atoms with Gasteiger partial charge in [0.2, 0.25) is 0 Å². The summed E-state index contributed by atoms with van der Waals surface area (Å²) in [6.45, 7) is 11.4. The third kappa shape index (κ3) is 4.80. The Balaban J connectivity index is 2.82. The number of hydrogen-bond acceptors (Lipinski definition) is 3. The van der Waals surface area contributed by atoms with E-state index in [0.717, 1.165) is 29.2 Å². The zero-order valence-electron chi connectivity index (χ0n) is 11.7. The lowest BCUT2D eigenvalue weighted by molar-refractivity contribution is 0.342. The highest BCUT2D eigenvalue weighted by atomic mass is 16.5. The minimum atomic E-state index is 0.445.